The van der Waals surface area contributed by atoms with Crippen LogP contribution in [-0.4, -0.2) is 24.5 Å². The molecule has 0 aliphatic heterocycles. The van der Waals surface area contributed by atoms with Crippen molar-refractivity contribution >= 4 is 11.9 Å². The van der Waals surface area contributed by atoms with Crippen molar-refractivity contribution in [1.29, 1.82) is 0 Å². The molecule has 4 heteroatoms. The largest absolute Gasteiger partial charge is 0.452 e. The van der Waals surface area contributed by atoms with Crippen molar-refractivity contribution in [2.24, 2.45) is 0 Å². The summed E-state index contributed by atoms with van der Waals surface area (Å²) in [4.78, 5) is 23.4. The third kappa shape index (κ3) is 4.86. The summed E-state index contributed by atoms with van der Waals surface area (Å²) < 4.78 is 5.03. The predicted octanol–water partition coefficient (Wildman–Crippen LogP) is 3.42. The van der Waals surface area contributed by atoms with Gasteiger partial charge < -0.3 is 10.1 Å². The highest BCUT2D eigenvalue weighted by molar-refractivity contribution is 5.91. The summed E-state index contributed by atoms with van der Waals surface area (Å²) in [5.74, 6) is -0.105. The number of carbonyl (C=O) groups excluding carboxylic acids is 2. The zero-order chi connectivity index (χ0) is 15.9. The second kappa shape index (κ2) is 7.97. The Kier molecular flexibility index (Phi) is 5.99. The van der Waals surface area contributed by atoms with E-state index in [1.807, 2.05) is 26.0 Å². The van der Waals surface area contributed by atoms with Crippen LogP contribution < -0.4 is 5.32 Å². The van der Waals surface area contributed by atoms with Crippen molar-refractivity contribution in [3.8, 4) is 0 Å². The van der Waals surface area contributed by atoms with Crippen LogP contribution in [0.2, 0.25) is 0 Å². The molecule has 120 valence electrons. The van der Waals surface area contributed by atoms with Crippen LogP contribution >= 0.6 is 0 Å². The first-order chi connectivity index (χ1) is 10.6. The maximum atomic E-state index is 11.9. The Morgan fingerprint density at radius 3 is 2.36 bits per heavy atom. The molecule has 1 N–H and O–H groups in total. The number of hydrogen-bond acceptors (Lipinski definition) is 3. The minimum atomic E-state index is -0.450. The molecule has 1 aromatic carbocycles. The third-order valence-corrected chi connectivity index (χ3v) is 4.01. The van der Waals surface area contributed by atoms with Crippen LogP contribution in [0.15, 0.2) is 24.3 Å². The number of esters is 1. The minimum Gasteiger partial charge on any atom is -0.452 e. The second-order valence-corrected chi connectivity index (χ2v) is 6.26. The molecular weight excluding hydrogens is 278 g/mol. The van der Waals surface area contributed by atoms with Crippen molar-refractivity contribution in [1.82, 2.24) is 5.32 Å². The van der Waals surface area contributed by atoms with Gasteiger partial charge in [-0.2, -0.15) is 0 Å². The first kappa shape index (κ1) is 16.5. The van der Waals surface area contributed by atoms with Crippen molar-refractivity contribution in [3.05, 3.63) is 35.4 Å². The monoisotopic (exact) mass is 303 g/mol. The molecule has 0 heterocycles. The van der Waals surface area contributed by atoms with Crippen LogP contribution in [0.1, 0.15) is 67.8 Å². The van der Waals surface area contributed by atoms with Crippen LogP contribution in [0.25, 0.3) is 0 Å². The van der Waals surface area contributed by atoms with Crippen molar-refractivity contribution in [2.45, 2.75) is 57.9 Å². The summed E-state index contributed by atoms with van der Waals surface area (Å²) in [7, 11) is 0. The molecule has 1 saturated carbocycles. The van der Waals surface area contributed by atoms with Crippen LogP contribution in [0.3, 0.4) is 0 Å². The number of carbonyl (C=O) groups is 2. The number of benzene rings is 1. The lowest BCUT2D eigenvalue weighted by atomic mass is 9.84. The highest BCUT2D eigenvalue weighted by atomic mass is 16.5. The van der Waals surface area contributed by atoms with Gasteiger partial charge in [0.05, 0.1) is 5.56 Å². The molecular formula is C18H25NO3. The number of hydrogen-bond donors (Lipinski definition) is 1. The molecule has 1 fully saturated rings. The van der Waals surface area contributed by atoms with E-state index in [4.69, 9.17) is 4.74 Å². The van der Waals surface area contributed by atoms with E-state index in [1.165, 1.54) is 37.7 Å². The molecule has 0 atom stereocenters. The summed E-state index contributed by atoms with van der Waals surface area (Å²) in [6.45, 7) is 3.49. The fourth-order valence-corrected chi connectivity index (χ4v) is 2.91. The smallest absolute Gasteiger partial charge is 0.338 e. The molecule has 2 rings (SSSR count). The van der Waals surface area contributed by atoms with Crippen molar-refractivity contribution in [2.75, 3.05) is 6.61 Å². The lowest BCUT2D eigenvalue weighted by Crippen LogP contribution is -2.33. The van der Waals surface area contributed by atoms with E-state index in [1.54, 1.807) is 12.1 Å². The molecule has 0 spiro atoms. The minimum absolute atomic E-state index is 0.0426. The number of amides is 1. The van der Waals surface area contributed by atoms with Crippen LogP contribution in [0.4, 0.5) is 0 Å². The van der Waals surface area contributed by atoms with E-state index >= 15 is 0 Å². The van der Waals surface area contributed by atoms with Gasteiger partial charge in [0.15, 0.2) is 6.61 Å². The Labute approximate surface area is 132 Å². The maximum Gasteiger partial charge on any atom is 0.338 e. The van der Waals surface area contributed by atoms with Crippen molar-refractivity contribution < 1.29 is 14.3 Å². The van der Waals surface area contributed by atoms with Gasteiger partial charge in [0.25, 0.3) is 5.91 Å². The van der Waals surface area contributed by atoms with Crippen LogP contribution in [0, 0.1) is 0 Å². The van der Waals surface area contributed by atoms with Crippen LogP contribution in [-0.2, 0) is 9.53 Å². The molecule has 0 aromatic heterocycles. The van der Waals surface area contributed by atoms with Gasteiger partial charge in [-0.15, -0.1) is 0 Å². The molecule has 0 saturated heterocycles. The number of nitrogens with one attached hydrogen (secondary N) is 1. The third-order valence-electron chi connectivity index (χ3n) is 4.01. The highest BCUT2D eigenvalue weighted by Gasteiger charge is 2.16. The SMILES string of the molecule is CC(C)NC(=O)COC(=O)c1ccc(C2CCCCC2)cc1. The molecule has 0 unspecified atom stereocenters. The Morgan fingerprint density at radius 2 is 1.77 bits per heavy atom. The standard InChI is InChI=1S/C18H25NO3/c1-13(2)19-17(20)12-22-18(21)16-10-8-15(9-11-16)14-6-4-3-5-7-14/h8-11,13-14H,3-7,12H2,1-2H3,(H,19,20). The van der Waals surface area contributed by atoms with Gasteiger partial charge >= 0.3 is 5.97 Å². The van der Waals surface area contributed by atoms with E-state index in [0.29, 0.717) is 11.5 Å². The average molecular weight is 303 g/mol. The summed E-state index contributed by atoms with van der Waals surface area (Å²) in [6.07, 6.45) is 6.39. The molecule has 0 bridgehead atoms. The van der Waals surface area contributed by atoms with Gasteiger partial charge in [-0.25, -0.2) is 4.79 Å². The van der Waals surface area contributed by atoms with Gasteiger partial charge in [0.1, 0.15) is 0 Å². The van der Waals surface area contributed by atoms with E-state index in [9.17, 15) is 9.59 Å². The number of rotatable bonds is 5. The highest BCUT2D eigenvalue weighted by Crippen LogP contribution is 2.32. The van der Waals surface area contributed by atoms with Crippen LogP contribution in [0.5, 0.6) is 0 Å². The Hall–Kier alpha value is -1.84. The summed E-state index contributed by atoms with van der Waals surface area (Å²) in [5.41, 5.74) is 1.80. The topological polar surface area (TPSA) is 55.4 Å². The van der Waals surface area contributed by atoms with Gasteiger partial charge in [0.2, 0.25) is 0 Å². The van der Waals surface area contributed by atoms with E-state index in [0.717, 1.165) is 0 Å². The summed E-state index contributed by atoms with van der Waals surface area (Å²) >= 11 is 0. The lowest BCUT2D eigenvalue weighted by molar-refractivity contribution is -0.124. The fraction of sp³-hybridized carbons (Fsp3) is 0.556. The molecule has 22 heavy (non-hydrogen) atoms. The van der Waals surface area contributed by atoms with E-state index in [-0.39, 0.29) is 18.6 Å². The van der Waals surface area contributed by atoms with Gasteiger partial charge in [-0.05, 0) is 50.3 Å². The maximum absolute atomic E-state index is 11.9. The molecule has 1 aliphatic rings. The molecule has 0 radical (unpaired) electrons. The molecule has 4 nitrogen and oxygen atoms in total. The Bertz CT molecular complexity index is 502. The first-order valence-corrected chi connectivity index (χ1v) is 8.12. The van der Waals surface area contributed by atoms with Crippen molar-refractivity contribution in [3.63, 3.8) is 0 Å². The zero-order valence-corrected chi connectivity index (χ0v) is 13.4. The van der Waals surface area contributed by atoms with E-state index < -0.39 is 5.97 Å². The predicted molar refractivity (Wildman–Crippen MR) is 85.8 cm³/mol. The summed E-state index contributed by atoms with van der Waals surface area (Å²) in [6, 6.07) is 7.67. The molecule has 1 aromatic rings. The zero-order valence-electron chi connectivity index (χ0n) is 13.4. The second-order valence-electron chi connectivity index (χ2n) is 6.26. The molecule has 1 amide bonds. The normalized spacial score (nSPS) is 15.6. The molecule has 1 aliphatic carbocycles. The lowest BCUT2D eigenvalue weighted by Gasteiger charge is -2.21. The first-order valence-electron chi connectivity index (χ1n) is 8.12. The van der Waals surface area contributed by atoms with E-state index in [2.05, 4.69) is 5.32 Å². The fourth-order valence-electron chi connectivity index (χ4n) is 2.91. The van der Waals surface area contributed by atoms with Gasteiger partial charge in [-0.3, -0.25) is 4.79 Å². The van der Waals surface area contributed by atoms with Gasteiger partial charge in [0, 0.05) is 6.04 Å². The summed E-state index contributed by atoms with van der Waals surface area (Å²) in [5, 5.41) is 2.69. The Morgan fingerprint density at radius 1 is 1.14 bits per heavy atom. The average Bonchev–Trinajstić information content (AvgIpc) is 2.53. The Balaban J connectivity index is 1.86. The number of ether oxygens (including phenoxy) is 1. The van der Waals surface area contributed by atoms with Gasteiger partial charge in [-0.1, -0.05) is 31.4 Å². The quantitative estimate of drug-likeness (QED) is 0.848.